The molecule has 0 saturated heterocycles. The van der Waals surface area contributed by atoms with E-state index in [9.17, 15) is 4.79 Å². The highest BCUT2D eigenvalue weighted by Crippen LogP contribution is 2.29. The first-order valence-corrected chi connectivity index (χ1v) is 9.40. The second kappa shape index (κ2) is 6.90. The number of hydrogen-bond donors (Lipinski definition) is 3. The second-order valence-electron chi connectivity index (χ2n) is 6.87. The van der Waals surface area contributed by atoms with Gasteiger partial charge in [-0.15, -0.1) is 0 Å². The molecule has 3 heterocycles. The molecular formula is C21H19N7O. The topological polar surface area (TPSA) is 111 Å². The Labute approximate surface area is 166 Å². The Kier molecular flexibility index (Phi) is 4.09. The highest BCUT2D eigenvalue weighted by atomic mass is 16.1. The monoisotopic (exact) mass is 385 g/mol. The largest absolute Gasteiger partial charge is 0.369 e. The molecule has 0 spiro atoms. The average Bonchev–Trinajstić information content (AvgIpc) is 3.39. The van der Waals surface area contributed by atoms with Gasteiger partial charge in [0.15, 0.2) is 0 Å². The van der Waals surface area contributed by atoms with Crippen molar-refractivity contribution in [3.8, 4) is 5.95 Å². The van der Waals surface area contributed by atoms with Crippen molar-refractivity contribution in [1.82, 2.24) is 19.7 Å². The molecule has 0 aliphatic carbocycles. The average molecular weight is 385 g/mol. The summed E-state index contributed by atoms with van der Waals surface area (Å²) in [5.41, 5.74) is 8.89. The molecule has 4 aromatic rings. The van der Waals surface area contributed by atoms with Crippen molar-refractivity contribution in [2.45, 2.75) is 13.0 Å². The van der Waals surface area contributed by atoms with E-state index in [0.29, 0.717) is 23.4 Å². The molecule has 2 aromatic carbocycles. The van der Waals surface area contributed by atoms with Crippen LogP contribution in [-0.4, -0.2) is 32.2 Å². The van der Waals surface area contributed by atoms with Gasteiger partial charge in [0.25, 0.3) is 5.95 Å². The summed E-state index contributed by atoms with van der Waals surface area (Å²) in [5.74, 6) is 1.54. The number of nitrogens with two attached hydrogens (primary N) is 1. The van der Waals surface area contributed by atoms with Crippen molar-refractivity contribution in [2.24, 2.45) is 5.73 Å². The molecule has 0 bridgehead atoms. The molecule has 0 unspecified atom stereocenters. The van der Waals surface area contributed by atoms with E-state index in [0.717, 1.165) is 35.7 Å². The third kappa shape index (κ3) is 3.04. The Morgan fingerprint density at radius 3 is 2.83 bits per heavy atom. The molecule has 144 valence electrons. The second-order valence-corrected chi connectivity index (χ2v) is 6.87. The van der Waals surface area contributed by atoms with E-state index in [4.69, 9.17) is 10.7 Å². The van der Waals surface area contributed by atoms with E-state index >= 15 is 0 Å². The molecule has 0 atom stereocenters. The number of amides is 1. The Bertz CT molecular complexity index is 1220. The Hall–Kier alpha value is -3.94. The third-order valence-corrected chi connectivity index (χ3v) is 5.03. The molecule has 4 N–H and O–H groups in total. The molecule has 29 heavy (non-hydrogen) atoms. The number of anilines is 2. The number of aromatic nitrogens is 4. The van der Waals surface area contributed by atoms with Gasteiger partial charge in [-0.1, -0.05) is 36.4 Å². The highest BCUT2D eigenvalue weighted by Gasteiger charge is 2.21. The minimum Gasteiger partial charge on any atom is -0.369 e. The quantitative estimate of drug-likeness (QED) is 0.487. The van der Waals surface area contributed by atoms with Crippen LogP contribution >= 0.6 is 0 Å². The predicted molar refractivity (Wildman–Crippen MR) is 111 cm³/mol. The van der Waals surface area contributed by atoms with Crippen LogP contribution in [0.1, 0.15) is 21.5 Å². The maximum Gasteiger partial charge on any atom is 0.255 e. The van der Waals surface area contributed by atoms with Crippen molar-refractivity contribution in [1.29, 1.82) is 0 Å². The number of fused-ring (bicyclic) bond motifs is 2. The number of rotatable bonds is 5. The number of nitrogens with one attached hydrogen (secondary N) is 2. The minimum absolute atomic E-state index is 0.426. The number of hydrogen-bond acceptors (Lipinski definition) is 6. The fourth-order valence-electron chi connectivity index (χ4n) is 3.61. The lowest BCUT2D eigenvalue weighted by atomic mass is 10.1. The first kappa shape index (κ1) is 17.2. The van der Waals surface area contributed by atoms with Gasteiger partial charge in [-0.2, -0.15) is 19.7 Å². The molecule has 0 radical (unpaired) electrons. The van der Waals surface area contributed by atoms with Gasteiger partial charge in [0.2, 0.25) is 5.91 Å². The molecular weight excluding hydrogens is 366 g/mol. The van der Waals surface area contributed by atoms with E-state index < -0.39 is 5.91 Å². The van der Waals surface area contributed by atoms with Crippen LogP contribution in [0.5, 0.6) is 0 Å². The summed E-state index contributed by atoms with van der Waals surface area (Å²) in [6.07, 6.45) is 2.48. The van der Waals surface area contributed by atoms with Crippen molar-refractivity contribution < 1.29 is 4.79 Å². The number of benzene rings is 2. The standard InChI is InChI=1S/C21H19N7O/c22-18(29)14-7-4-8-17-16(14)12-25-28(17)21-26-19-15(9-10-23-19)20(27-21)24-11-13-5-2-1-3-6-13/h1-8,12H,9-11H2,(H2,22,29)(H2,23,24,26,27). The Balaban J connectivity index is 1.57. The number of carbonyl (C=O) groups excluding carboxylic acids is 1. The predicted octanol–water partition coefficient (Wildman–Crippen LogP) is 2.49. The van der Waals surface area contributed by atoms with Crippen molar-refractivity contribution >= 4 is 28.4 Å². The summed E-state index contributed by atoms with van der Waals surface area (Å²) in [6, 6.07) is 15.5. The lowest BCUT2D eigenvalue weighted by Gasteiger charge is -2.12. The van der Waals surface area contributed by atoms with Gasteiger partial charge in [0.05, 0.1) is 17.3 Å². The molecule has 1 amide bonds. The normalized spacial score (nSPS) is 12.6. The van der Waals surface area contributed by atoms with Crippen molar-refractivity contribution in [2.75, 3.05) is 17.2 Å². The van der Waals surface area contributed by atoms with Crippen LogP contribution in [-0.2, 0) is 13.0 Å². The maximum absolute atomic E-state index is 11.7. The fraction of sp³-hybridized carbons (Fsp3) is 0.143. The summed E-state index contributed by atoms with van der Waals surface area (Å²) < 4.78 is 1.63. The summed E-state index contributed by atoms with van der Waals surface area (Å²) >= 11 is 0. The first-order chi connectivity index (χ1) is 14.2. The van der Waals surface area contributed by atoms with Crippen LogP contribution in [0.2, 0.25) is 0 Å². The van der Waals surface area contributed by atoms with Gasteiger partial charge >= 0.3 is 0 Å². The van der Waals surface area contributed by atoms with Crippen LogP contribution in [0.25, 0.3) is 16.9 Å². The molecule has 5 rings (SSSR count). The summed E-state index contributed by atoms with van der Waals surface area (Å²) in [4.78, 5) is 21.1. The molecule has 1 aliphatic rings. The van der Waals surface area contributed by atoms with Gasteiger partial charge in [0, 0.05) is 24.0 Å². The van der Waals surface area contributed by atoms with E-state index in [1.54, 1.807) is 23.0 Å². The van der Waals surface area contributed by atoms with Crippen LogP contribution in [0, 0.1) is 0 Å². The van der Waals surface area contributed by atoms with E-state index in [1.807, 2.05) is 24.3 Å². The maximum atomic E-state index is 11.7. The fourth-order valence-corrected chi connectivity index (χ4v) is 3.61. The Morgan fingerprint density at radius 1 is 1.14 bits per heavy atom. The summed E-state index contributed by atoms with van der Waals surface area (Å²) in [5, 5.41) is 11.8. The Morgan fingerprint density at radius 2 is 2.00 bits per heavy atom. The van der Waals surface area contributed by atoms with E-state index in [1.165, 1.54) is 5.56 Å². The van der Waals surface area contributed by atoms with Gasteiger partial charge in [-0.3, -0.25) is 4.79 Å². The molecule has 1 aliphatic heterocycles. The van der Waals surface area contributed by atoms with E-state index in [2.05, 4.69) is 32.8 Å². The molecule has 8 nitrogen and oxygen atoms in total. The zero-order chi connectivity index (χ0) is 19.8. The van der Waals surface area contributed by atoms with Crippen LogP contribution in [0.4, 0.5) is 11.6 Å². The van der Waals surface area contributed by atoms with Gasteiger partial charge in [-0.05, 0) is 24.1 Å². The lowest BCUT2D eigenvalue weighted by molar-refractivity contribution is 0.100. The van der Waals surface area contributed by atoms with Crippen LogP contribution in [0.15, 0.2) is 54.7 Å². The summed E-state index contributed by atoms with van der Waals surface area (Å²) in [7, 11) is 0. The zero-order valence-electron chi connectivity index (χ0n) is 15.6. The van der Waals surface area contributed by atoms with Crippen LogP contribution in [0.3, 0.4) is 0 Å². The lowest BCUT2D eigenvalue weighted by Crippen LogP contribution is -2.12. The van der Waals surface area contributed by atoms with E-state index in [-0.39, 0.29) is 0 Å². The first-order valence-electron chi connectivity index (χ1n) is 9.40. The number of primary amides is 1. The highest BCUT2D eigenvalue weighted by molar-refractivity contribution is 6.05. The number of carbonyl (C=O) groups is 1. The van der Waals surface area contributed by atoms with Crippen molar-refractivity contribution in [3.05, 3.63) is 71.4 Å². The van der Waals surface area contributed by atoms with Crippen molar-refractivity contribution in [3.63, 3.8) is 0 Å². The summed E-state index contributed by atoms with van der Waals surface area (Å²) in [6.45, 7) is 1.48. The third-order valence-electron chi connectivity index (χ3n) is 5.03. The minimum atomic E-state index is -0.489. The van der Waals surface area contributed by atoms with Gasteiger partial charge < -0.3 is 16.4 Å². The molecule has 8 heteroatoms. The van der Waals surface area contributed by atoms with Crippen LogP contribution < -0.4 is 16.4 Å². The zero-order valence-corrected chi connectivity index (χ0v) is 15.6. The van der Waals surface area contributed by atoms with Gasteiger partial charge in [0.1, 0.15) is 11.6 Å². The van der Waals surface area contributed by atoms with Gasteiger partial charge in [-0.25, -0.2) is 0 Å². The molecule has 0 fully saturated rings. The SMILES string of the molecule is NC(=O)c1cccc2c1cnn2-c1nc2c(c(NCc3ccccc3)n1)CCN2. The molecule has 0 saturated carbocycles. The number of nitrogens with zero attached hydrogens (tertiary/aromatic N) is 4. The molecule has 2 aromatic heterocycles. The smallest absolute Gasteiger partial charge is 0.255 e.